The first kappa shape index (κ1) is 21.9. The highest BCUT2D eigenvalue weighted by Crippen LogP contribution is 2.37. The molecule has 0 unspecified atom stereocenters. The molecule has 0 aliphatic carbocycles. The van der Waals surface area contributed by atoms with Gasteiger partial charge in [0.15, 0.2) is 12.0 Å². The molecule has 2 rings (SSSR count). The monoisotopic (exact) mass is 429 g/mol. The SMILES string of the molecule is C/C=C(/C=O)OC(=O)c1cc(Oc2ccc(C(F)(F)F)cc2Cl)ccc1[N+](=O)[O-]. The molecule has 29 heavy (non-hydrogen) atoms. The first-order chi connectivity index (χ1) is 13.6. The van der Waals surface area contributed by atoms with E-state index in [1.807, 2.05) is 0 Å². The standard InChI is InChI=1S/C18H11ClF3NO6/c1-2-11(9-24)29-17(25)13-8-12(4-5-15(13)23(26)27)28-16-6-3-10(7-14(16)19)18(20,21)22/h2-9H,1H3/b11-2-. The summed E-state index contributed by atoms with van der Waals surface area (Å²) in [7, 11) is 0. The molecule has 152 valence electrons. The Morgan fingerprint density at radius 3 is 2.41 bits per heavy atom. The van der Waals surface area contributed by atoms with Crippen molar-refractivity contribution in [1.82, 2.24) is 0 Å². The maximum absolute atomic E-state index is 12.7. The number of halogens is 4. The minimum absolute atomic E-state index is 0.127. The number of rotatable bonds is 6. The Labute approximate surface area is 166 Å². The Hall–Kier alpha value is -3.40. The molecule has 0 saturated heterocycles. The van der Waals surface area contributed by atoms with Gasteiger partial charge >= 0.3 is 12.1 Å². The number of hydrogen-bond donors (Lipinski definition) is 0. The van der Waals surface area contributed by atoms with Gasteiger partial charge in [-0.25, -0.2) is 4.79 Å². The van der Waals surface area contributed by atoms with Crippen molar-refractivity contribution in [3.05, 3.63) is 74.5 Å². The number of aldehydes is 1. The predicted octanol–water partition coefficient (Wildman–Crippen LogP) is 5.32. The van der Waals surface area contributed by atoms with Crippen LogP contribution in [0.15, 0.2) is 48.2 Å². The lowest BCUT2D eigenvalue weighted by Gasteiger charge is -2.12. The Balaban J connectivity index is 2.39. The molecule has 0 atom stereocenters. The number of hydrogen-bond acceptors (Lipinski definition) is 6. The highest BCUT2D eigenvalue weighted by Gasteiger charge is 2.31. The molecule has 0 saturated carbocycles. The van der Waals surface area contributed by atoms with Crippen LogP contribution in [0.3, 0.4) is 0 Å². The molecule has 7 nitrogen and oxygen atoms in total. The molecule has 0 aliphatic rings. The Bertz CT molecular complexity index is 1000. The molecule has 0 amide bonds. The first-order valence-corrected chi connectivity index (χ1v) is 8.11. The van der Waals surface area contributed by atoms with Crippen LogP contribution in [0.2, 0.25) is 5.02 Å². The van der Waals surface area contributed by atoms with Crippen molar-refractivity contribution < 1.29 is 37.2 Å². The van der Waals surface area contributed by atoms with Gasteiger partial charge in [0.1, 0.15) is 17.1 Å². The summed E-state index contributed by atoms with van der Waals surface area (Å²) in [5.74, 6) is -1.85. The Morgan fingerprint density at radius 2 is 1.90 bits per heavy atom. The average molecular weight is 430 g/mol. The zero-order valence-electron chi connectivity index (χ0n) is 14.5. The number of carbonyl (C=O) groups is 2. The van der Waals surface area contributed by atoms with E-state index in [1.165, 1.54) is 13.0 Å². The molecule has 2 aromatic carbocycles. The van der Waals surface area contributed by atoms with Crippen LogP contribution in [-0.4, -0.2) is 17.2 Å². The summed E-state index contributed by atoms with van der Waals surface area (Å²) >= 11 is 5.80. The summed E-state index contributed by atoms with van der Waals surface area (Å²) in [6.45, 7) is 1.41. The topological polar surface area (TPSA) is 95.7 Å². The maximum Gasteiger partial charge on any atom is 0.416 e. The van der Waals surface area contributed by atoms with Crippen molar-refractivity contribution in [1.29, 1.82) is 0 Å². The van der Waals surface area contributed by atoms with Crippen LogP contribution in [0.25, 0.3) is 0 Å². The van der Waals surface area contributed by atoms with Crippen molar-refractivity contribution in [3.63, 3.8) is 0 Å². The number of esters is 1. The van der Waals surface area contributed by atoms with Gasteiger partial charge in [0.05, 0.1) is 15.5 Å². The van der Waals surface area contributed by atoms with Gasteiger partial charge in [-0.15, -0.1) is 0 Å². The summed E-state index contributed by atoms with van der Waals surface area (Å²) in [5.41, 5.74) is -2.14. The Kier molecular flexibility index (Phi) is 6.60. The van der Waals surface area contributed by atoms with Crippen LogP contribution in [0.4, 0.5) is 18.9 Å². The quantitative estimate of drug-likeness (QED) is 0.154. The van der Waals surface area contributed by atoms with Crippen molar-refractivity contribution in [2.45, 2.75) is 13.1 Å². The lowest BCUT2D eigenvalue weighted by molar-refractivity contribution is -0.385. The molecule has 0 fully saturated rings. The van der Waals surface area contributed by atoms with Crippen LogP contribution in [-0.2, 0) is 15.7 Å². The van der Waals surface area contributed by atoms with Gasteiger partial charge in [-0.1, -0.05) is 11.6 Å². The zero-order chi connectivity index (χ0) is 21.8. The van der Waals surface area contributed by atoms with Gasteiger partial charge in [-0.2, -0.15) is 13.2 Å². The van der Waals surface area contributed by atoms with E-state index in [1.54, 1.807) is 0 Å². The summed E-state index contributed by atoms with van der Waals surface area (Å²) < 4.78 is 48.2. The van der Waals surface area contributed by atoms with E-state index in [4.69, 9.17) is 21.1 Å². The number of nitro groups is 1. The summed E-state index contributed by atoms with van der Waals surface area (Å²) in [5, 5.41) is 10.8. The number of benzene rings is 2. The second-order valence-corrected chi connectivity index (χ2v) is 5.79. The van der Waals surface area contributed by atoms with Gasteiger partial charge < -0.3 is 9.47 Å². The number of alkyl halides is 3. The highest BCUT2D eigenvalue weighted by atomic mass is 35.5. The molecule has 0 aromatic heterocycles. The van der Waals surface area contributed by atoms with Crippen LogP contribution < -0.4 is 4.74 Å². The van der Waals surface area contributed by atoms with E-state index < -0.39 is 33.9 Å². The number of carbonyl (C=O) groups excluding carboxylic acids is 2. The van der Waals surface area contributed by atoms with Crippen LogP contribution in [0, 0.1) is 10.1 Å². The van der Waals surface area contributed by atoms with E-state index in [0.29, 0.717) is 6.07 Å². The van der Waals surface area contributed by atoms with E-state index in [0.717, 1.165) is 30.3 Å². The molecular weight excluding hydrogens is 419 g/mol. The van der Waals surface area contributed by atoms with Crippen molar-refractivity contribution in [3.8, 4) is 11.5 Å². The van der Waals surface area contributed by atoms with E-state index in [-0.39, 0.29) is 28.6 Å². The molecule has 11 heteroatoms. The molecule has 0 heterocycles. The third kappa shape index (κ3) is 5.32. The molecule has 0 aliphatic heterocycles. The van der Waals surface area contributed by atoms with Crippen LogP contribution in [0.1, 0.15) is 22.8 Å². The smallest absolute Gasteiger partial charge is 0.416 e. The average Bonchev–Trinajstić information content (AvgIpc) is 2.66. The lowest BCUT2D eigenvalue weighted by Crippen LogP contribution is -2.09. The van der Waals surface area contributed by atoms with Gasteiger partial charge in [0.25, 0.3) is 5.69 Å². The lowest BCUT2D eigenvalue weighted by atomic mass is 10.1. The molecule has 0 radical (unpaired) electrons. The van der Waals surface area contributed by atoms with Crippen molar-refractivity contribution >= 4 is 29.5 Å². The fourth-order valence-corrected chi connectivity index (χ4v) is 2.32. The summed E-state index contributed by atoms with van der Waals surface area (Å²) in [6, 6.07) is 5.38. The fraction of sp³-hybridized carbons (Fsp3) is 0.111. The van der Waals surface area contributed by atoms with E-state index in [9.17, 15) is 32.9 Å². The van der Waals surface area contributed by atoms with Crippen LogP contribution >= 0.6 is 11.6 Å². The first-order valence-electron chi connectivity index (χ1n) is 7.73. The molecule has 0 spiro atoms. The van der Waals surface area contributed by atoms with Crippen molar-refractivity contribution in [2.75, 3.05) is 0 Å². The van der Waals surface area contributed by atoms with E-state index >= 15 is 0 Å². The summed E-state index contributed by atoms with van der Waals surface area (Å²) in [4.78, 5) is 33.3. The minimum atomic E-state index is -4.60. The van der Waals surface area contributed by atoms with Gasteiger partial charge in [-0.3, -0.25) is 14.9 Å². The van der Waals surface area contributed by atoms with Gasteiger partial charge in [0.2, 0.25) is 0 Å². The number of nitro benzene ring substituents is 1. The Morgan fingerprint density at radius 1 is 1.21 bits per heavy atom. The molecule has 0 N–H and O–H groups in total. The molecule has 2 aromatic rings. The second kappa shape index (κ2) is 8.74. The molecular formula is C18H11ClF3NO6. The number of allylic oxidation sites excluding steroid dienone is 2. The largest absolute Gasteiger partial charge is 0.456 e. The zero-order valence-corrected chi connectivity index (χ0v) is 15.3. The minimum Gasteiger partial charge on any atom is -0.456 e. The third-order valence-corrected chi connectivity index (χ3v) is 3.78. The number of ether oxygens (including phenoxy) is 2. The number of nitrogens with zero attached hydrogens (tertiary/aromatic N) is 1. The van der Waals surface area contributed by atoms with Gasteiger partial charge in [0, 0.05) is 12.1 Å². The molecule has 0 bridgehead atoms. The maximum atomic E-state index is 12.7. The normalized spacial score (nSPS) is 11.7. The predicted molar refractivity (Wildman–Crippen MR) is 94.9 cm³/mol. The van der Waals surface area contributed by atoms with Crippen molar-refractivity contribution in [2.24, 2.45) is 0 Å². The van der Waals surface area contributed by atoms with E-state index in [2.05, 4.69) is 0 Å². The van der Waals surface area contributed by atoms with Crippen LogP contribution in [0.5, 0.6) is 11.5 Å². The fourth-order valence-electron chi connectivity index (χ4n) is 2.10. The highest BCUT2D eigenvalue weighted by molar-refractivity contribution is 6.32. The second-order valence-electron chi connectivity index (χ2n) is 5.38. The van der Waals surface area contributed by atoms with Gasteiger partial charge in [-0.05, 0) is 37.3 Å². The summed E-state index contributed by atoms with van der Waals surface area (Å²) in [6.07, 6.45) is -3.18. The third-order valence-electron chi connectivity index (χ3n) is 3.48.